The number of aryl methyl sites for hydroxylation is 1. The topological polar surface area (TPSA) is 88.5 Å². The standard InChI is InChI=1S/C21H27N5O2.HI/c1-5-22-21(24-12-18-10-19(14(2)3)26-28-18)23-11-17-13-27-20(25-17)16-8-6-15(4)7-9-16;/h6-10,13-14H,5,11-12H2,1-4H3,(H2,22,23,24);1H. The Morgan fingerprint density at radius 1 is 1.17 bits per heavy atom. The second kappa shape index (κ2) is 11.0. The number of nitrogens with one attached hydrogen (secondary N) is 2. The van der Waals surface area contributed by atoms with E-state index in [-0.39, 0.29) is 24.0 Å². The summed E-state index contributed by atoms with van der Waals surface area (Å²) in [6.07, 6.45) is 1.65. The van der Waals surface area contributed by atoms with Crippen molar-refractivity contribution in [3.05, 3.63) is 59.3 Å². The molecule has 0 atom stereocenters. The maximum absolute atomic E-state index is 5.59. The summed E-state index contributed by atoms with van der Waals surface area (Å²) in [6, 6.07) is 10.1. The molecule has 7 nitrogen and oxygen atoms in total. The molecular formula is C21H28IN5O2. The molecule has 8 heteroatoms. The van der Waals surface area contributed by atoms with Gasteiger partial charge in [0.15, 0.2) is 11.7 Å². The van der Waals surface area contributed by atoms with Gasteiger partial charge in [0.1, 0.15) is 12.0 Å². The van der Waals surface area contributed by atoms with E-state index in [0.29, 0.717) is 30.9 Å². The van der Waals surface area contributed by atoms with E-state index in [1.54, 1.807) is 6.26 Å². The zero-order valence-electron chi connectivity index (χ0n) is 17.2. The average Bonchev–Trinajstić information content (AvgIpc) is 3.34. The first-order chi connectivity index (χ1) is 13.5. The molecule has 0 unspecified atom stereocenters. The van der Waals surface area contributed by atoms with Gasteiger partial charge in [-0.2, -0.15) is 0 Å². The number of nitrogens with zero attached hydrogens (tertiary/aromatic N) is 3. The Morgan fingerprint density at radius 3 is 2.59 bits per heavy atom. The highest BCUT2D eigenvalue weighted by Gasteiger charge is 2.09. The number of rotatable bonds is 7. The first-order valence-corrected chi connectivity index (χ1v) is 9.54. The molecule has 2 aromatic heterocycles. The lowest BCUT2D eigenvalue weighted by Crippen LogP contribution is -2.36. The lowest BCUT2D eigenvalue weighted by molar-refractivity contribution is 0.372. The molecule has 29 heavy (non-hydrogen) atoms. The predicted molar refractivity (Wildman–Crippen MR) is 124 cm³/mol. The maximum Gasteiger partial charge on any atom is 0.226 e. The summed E-state index contributed by atoms with van der Waals surface area (Å²) in [5.74, 6) is 2.41. The maximum atomic E-state index is 5.59. The Morgan fingerprint density at radius 2 is 1.93 bits per heavy atom. The first kappa shape index (κ1) is 22.9. The fraction of sp³-hybridized carbons (Fsp3) is 0.381. The van der Waals surface area contributed by atoms with Crippen LogP contribution < -0.4 is 10.6 Å². The van der Waals surface area contributed by atoms with E-state index >= 15 is 0 Å². The van der Waals surface area contributed by atoms with Gasteiger partial charge in [-0.1, -0.05) is 36.7 Å². The van der Waals surface area contributed by atoms with Gasteiger partial charge in [-0.15, -0.1) is 24.0 Å². The Bertz CT molecular complexity index is 915. The van der Waals surface area contributed by atoms with Gasteiger partial charge in [-0.25, -0.2) is 9.98 Å². The minimum atomic E-state index is 0. The summed E-state index contributed by atoms with van der Waals surface area (Å²) >= 11 is 0. The van der Waals surface area contributed by atoms with Gasteiger partial charge >= 0.3 is 0 Å². The van der Waals surface area contributed by atoms with Crippen LogP contribution in [0.25, 0.3) is 11.5 Å². The van der Waals surface area contributed by atoms with E-state index < -0.39 is 0 Å². The van der Waals surface area contributed by atoms with Gasteiger partial charge in [0, 0.05) is 18.2 Å². The second-order valence-electron chi connectivity index (χ2n) is 6.93. The molecule has 3 aromatic rings. The summed E-state index contributed by atoms with van der Waals surface area (Å²) in [7, 11) is 0. The lowest BCUT2D eigenvalue weighted by Gasteiger charge is -2.09. The van der Waals surface area contributed by atoms with Gasteiger partial charge in [0.25, 0.3) is 0 Å². The summed E-state index contributed by atoms with van der Waals surface area (Å²) in [5, 5.41) is 10.5. The van der Waals surface area contributed by atoms with E-state index in [4.69, 9.17) is 8.94 Å². The van der Waals surface area contributed by atoms with Crippen molar-refractivity contribution in [2.45, 2.75) is 46.7 Å². The van der Waals surface area contributed by atoms with Gasteiger partial charge in [-0.3, -0.25) is 0 Å². The minimum Gasteiger partial charge on any atom is -0.444 e. The number of guanidine groups is 1. The van der Waals surface area contributed by atoms with E-state index in [9.17, 15) is 0 Å². The second-order valence-corrected chi connectivity index (χ2v) is 6.93. The van der Waals surface area contributed by atoms with Crippen LogP contribution in [0.1, 0.15) is 49.4 Å². The molecule has 0 bridgehead atoms. The van der Waals surface area contributed by atoms with Crippen LogP contribution in [0.2, 0.25) is 0 Å². The van der Waals surface area contributed by atoms with Crippen LogP contribution in [0, 0.1) is 6.92 Å². The highest BCUT2D eigenvalue weighted by Crippen LogP contribution is 2.19. The summed E-state index contributed by atoms with van der Waals surface area (Å²) in [6.45, 7) is 9.93. The zero-order chi connectivity index (χ0) is 19.9. The third-order valence-corrected chi connectivity index (χ3v) is 4.19. The average molecular weight is 509 g/mol. The SMILES string of the molecule is CCNC(=NCc1coc(-c2ccc(C)cc2)n1)NCc1cc(C(C)C)no1.I. The van der Waals surface area contributed by atoms with Crippen LogP contribution >= 0.6 is 24.0 Å². The normalized spacial score (nSPS) is 11.4. The Kier molecular flexibility index (Phi) is 8.69. The van der Waals surface area contributed by atoms with Crippen molar-refractivity contribution >= 4 is 29.9 Å². The number of hydrogen-bond acceptors (Lipinski definition) is 5. The van der Waals surface area contributed by atoms with Gasteiger partial charge < -0.3 is 19.6 Å². The van der Waals surface area contributed by atoms with Crippen molar-refractivity contribution in [1.82, 2.24) is 20.8 Å². The van der Waals surface area contributed by atoms with Crippen molar-refractivity contribution in [1.29, 1.82) is 0 Å². The molecule has 0 aliphatic heterocycles. The lowest BCUT2D eigenvalue weighted by atomic mass is 10.1. The van der Waals surface area contributed by atoms with Gasteiger partial charge in [-0.05, 0) is 31.9 Å². The molecule has 0 aliphatic rings. The molecule has 0 saturated carbocycles. The smallest absolute Gasteiger partial charge is 0.226 e. The molecule has 0 saturated heterocycles. The number of aliphatic imine (C=N–C) groups is 1. The number of halogens is 1. The van der Waals surface area contributed by atoms with Crippen molar-refractivity contribution in [3.8, 4) is 11.5 Å². The minimum absolute atomic E-state index is 0. The fourth-order valence-electron chi connectivity index (χ4n) is 2.57. The Labute approximate surface area is 188 Å². The van der Waals surface area contributed by atoms with Crippen molar-refractivity contribution < 1.29 is 8.94 Å². The highest BCUT2D eigenvalue weighted by molar-refractivity contribution is 14.0. The van der Waals surface area contributed by atoms with E-state index in [1.165, 1.54) is 5.56 Å². The zero-order valence-corrected chi connectivity index (χ0v) is 19.6. The van der Waals surface area contributed by atoms with E-state index in [0.717, 1.165) is 29.3 Å². The molecule has 3 rings (SSSR count). The number of hydrogen-bond donors (Lipinski definition) is 2. The van der Waals surface area contributed by atoms with Crippen LogP contribution in [-0.4, -0.2) is 22.6 Å². The van der Waals surface area contributed by atoms with Gasteiger partial charge in [0.05, 0.1) is 18.8 Å². The number of benzene rings is 1. The highest BCUT2D eigenvalue weighted by atomic mass is 127. The first-order valence-electron chi connectivity index (χ1n) is 9.54. The monoisotopic (exact) mass is 509 g/mol. The third-order valence-electron chi connectivity index (χ3n) is 4.19. The van der Waals surface area contributed by atoms with Gasteiger partial charge in [0.2, 0.25) is 5.89 Å². The third kappa shape index (κ3) is 6.59. The molecule has 0 radical (unpaired) electrons. The van der Waals surface area contributed by atoms with Crippen LogP contribution in [0.3, 0.4) is 0 Å². The molecule has 0 amide bonds. The van der Waals surface area contributed by atoms with Crippen LogP contribution in [-0.2, 0) is 13.1 Å². The summed E-state index contributed by atoms with van der Waals surface area (Å²) in [4.78, 5) is 9.10. The molecular weight excluding hydrogens is 481 g/mol. The largest absolute Gasteiger partial charge is 0.444 e. The predicted octanol–water partition coefficient (Wildman–Crippen LogP) is 4.63. The van der Waals surface area contributed by atoms with Crippen LogP contribution in [0.5, 0.6) is 0 Å². The van der Waals surface area contributed by atoms with Crippen molar-refractivity contribution in [2.75, 3.05) is 6.54 Å². The molecule has 2 heterocycles. The van der Waals surface area contributed by atoms with Crippen molar-refractivity contribution in [3.63, 3.8) is 0 Å². The molecule has 0 aliphatic carbocycles. The van der Waals surface area contributed by atoms with Crippen molar-refractivity contribution in [2.24, 2.45) is 4.99 Å². The van der Waals surface area contributed by atoms with Crippen LogP contribution in [0.4, 0.5) is 0 Å². The molecule has 0 fully saturated rings. The quantitative estimate of drug-likeness (QED) is 0.274. The summed E-state index contributed by atoms with van der Waals surface area (Å²) in [5.41, 5.74) is 3.88. The molecule has 0 spiro atoms. The van der Waals surface area contributed by atoms with E-state index in [2.05, 4.69) is 46.5 Å². The summed E-state index contributed by atoms with van der Waals surface area (Å²) < 4.78 is 10.9. The molecule has 2 N–H and O–H groups in total. The number of oxazole rings is 1. The van der Waals surface area contributed by atoms with Crippen LogP contribution in [0.15, 0.2) is 50.5 Å². The van der Waals surface area contributed by atoms with E-state index in [1.807, 2.05) is 37.3 Å². The fourth-order valence-corrected chi connectivity index (χ4v) is 2.57. The molecule has 1 aromatic carbocycles. The molecule has 156 valence electrons. The Hall–Kier alpha value is -2.36. The Balaban J connectivity index is 0.00000300. The number of aromatic nitrogens is 2.